The van der Waals surface area contributed by atoms with Crippen LogP contribution in [0.2, 0.25) is 0 Å². The maximum Gasteiger partial charge on any atom is 0.311 e. The van der Waals surface area contributed by atoms with Crippen molar-refractivity contribution in [2.24, 2.45) is 0 Å². The van der Waals surface area contributed by atoms with Crippen LogP contribution in [0.25, 0.3) is 0 Å². The van der Waals surface area contributed by atoms with Gasteiger partial charge in [0.05, 0.1) is 24.5 Å². The van der Waals surface area contributed by atoms with E-state index >= 15 is 0 Å². The Morgan fingerprint density at radius 3 is 2.93 bits per heavy atom. The van der Waals surface area contributed by atoms with E-state index in [0.717, 1.165) is 23.8 Å². The van der Waals surface area contributed by atoms with Crippen LogP contribution >= 0.6 is 23.1 Å². The molecule has 156 valence electrons. The van der Waals surface area contributed by atoms with Crippen LogP contribution in [0.1, 0.15) is 50.0 Å². The lowest BCUT2D eigenvalue weighted by Crippen LogP contribution is -2.15. The van der Waals surface area contributed by atoms with Gasteiger partial charge in [0, 0.05) is 17.8 Å². The highest BCUT2D eigenvalue weighted by Crippen LogP contribution is 2.34. The number of thiazole rings is 1. The number of nitrogens with one attached hydrogen (secondary N) is 1. The van der Waals surface area contributed by atoms with Gasteiger partial charge >= 0.3 is 5.97 Å². The molecule has 1 fully saturated rings. The Morgan fingerprint density at radius 1 is 1.41 bits per heavy atom. The second kappa shape index (κ2) is 10.5. The van der Waals surface area contributed by atoms with E-state index in [9.17, 15) is 9.59 Å². The molecule has 0 spiro atoms. The first-order valence-electron chi connectivity index (χ1n) is 9.67. The molecule has 1 saturated carbocycles. The van der Waals surface area contributed by atoms with Gasteiger partial charge < -0.3 is 14.6 Å². The molecule has 2 heterocycles. The van der Waals surface area contributed by atoms with E-state index in [1.807, 2.05) is 6.08 Å². The number of rotatable bonds is 10. The summed E-state index contributed by atoms with van der Waals surface area (Å²) in [6, 6.07) is 0. The number of aromatic nitrogens is 4. The van der Waals surface area contributed by atoms with Gasteiger partial charge in [-0.3, -0.25) is 9.59 Å². The Morgan fingerprint density at radius 2 is 2.21 bits per heavy atom. The van der Waals surface area contributed by atoms with Gasteiger partial charge in [0.15, 0.2) is 10.3 Å². The number of nitrogens with zero attached hydrogens (tertiary/aromatic N) is 4. The molecular weight excluding hydrogens is 410 g/mol. The fourth-order valence-corrected chi connectivity index (χ4v) is 4.77. The highest BCUT2D eigenvalue weighted by atomic mass is 32.2. The summed E-state index contributed by atoms with van der Waals surface area (Å²) in [5.41, 5.74) is 0.586. The van der Waals surface area contributed by atoms with E-state index in [-0.39, 0.29) is 24.1 Å². The summed E-state index contributed by atoms with van der Waals surface area (Å²) in [6.07, 6.45) is 6.65. The van der Waals surface area contributed by atoms with E-state index in [0.29, 0.717) is 29.9 Å². The molecule has 10 heteroatoms. The molecule has 0 atom stereocenters. The first kappa shape index (κ1) is 21.5. The molecule has 29 heavy (non-hydrogen) atoms. The van der Waals surface area contributed by atoms with E-state index < -0.39 is 0 Å². The lowest BCUT2D eigenvalue weighted by Gasteiger charge is -2.11. The Labute approximate surface area is 178 Å². The summed E-state index contributed by atoms with van der Waals surface area (Å²) < 4.78 is 6.96. The third-order valence-corrected chi connectivity index (χ3v) is 6.31. The van der Waals surface area contributed by atoms with Gasteiger partial charge in [-0.1, -0.05) is 30.7 Å². The monoisotopic (exact) mass is 435 g/mol. The zero-order valence-corrected chi connectivity index (χ0v) is 18.1. The minimum Gasteiger partial charge on any atom is -0.466 e. The molecule has 0 saturated heterocycles. The zero-order chi connectivity index (χ0) is 20.6. The minimum absolute atomic E-state index is 0.101. The quantitative estimate of drug-likeness (QED) is 0.347. The lowest BCUT2D eigenvalue weighted by molar-refractivity contribution is -0.142. The first-order chi connectivity index (χ1) is 14.1. The second-order valence-corrected chi connectivity index (χ2v) is 8.48. The lowest BCUT2D eigenvalue weighted by atomic mass is 10.1. The van der Waals surface area contributed by atoms with Crippen LogP contribution in [-0.4, -0.2) is 44.0 Å². The number of anilines is 1. The zero-order valence-electron chi connectivity index (χ0n) is 16.4. The molecule has 1 aliphatic carbocycles. The topological polar surface area (TPSA) is 99.0 Å². The number of hydrogen-bond donors (Lipinski definition) is 1. The summed E-state index contributed by atoms with van der Waals surface area (Å²) in [4.78, 5) is 28.1. The number of esters is 1. The van der Waals surface area contributed by atoms with Gasteiger partial charge in [0.2, 0.25) is 5.91 Å². The van der Waals surface area contributed by atoms with Crippen LogP contribution < -0.4 is 5.32 Å². The Kier molecular flexibility index (Phi) is 7.82. The van der Waals surface area contributed by atoms with E-state index in [1.54, 1.807) is 12.3 Å². The largest absolute Gasteiger partial charge is 0.466 e. The number of carbonyl (C=O) groups excluding carboxylic acids is 2. The van der Waals surface area contributed by atoms with Gasteiger partial charge in [-0.2, -0.15) is 0 Å². The van der Waals surface area contributed by atoms with Crippen LogP contribution in [0.5, 0.6) is 0 Å². The van der Waals surface area contributed by atoms with Gasteiger partial charge in [-0.15, -0.1) is 28.1 Å². The van der Waals surface area contributed by atoms with Gasteiger partial charge in [-0.05, 0) is 19.8 Å². The van der Waals surface area contributed by atoms with Crippen molar-refractivity contribution in [3.63, 3.8) is 0 Å². The molecule has 2 aromatic heterocycles. The molecule has 0 radical (unpaired) electrons. The van der Waals surface area contributed by atoms with Crippen LogP contribution in [0, 0.1) is 0 Å². The molecule has 0 unspecified atom stereocenters. The summed E-state index contributed by atoms with van der Waals surface area (Å²) in [7, 11) is 0. The van der Waals surface area contributed by atoms with Gasteiger partial charge in [0.1, 0.15) is 5.82 Å². The van der Waals surface area contributed by atoms with Crippen molar-refractivity contribution in [3.05, 3.63) is 29.6 Å². The fraction of sp³-hybridized carbons (Fsp3) is 0.526. The number of hydrogen-bond acceptors (Lipinski definition) is 8. The Balaban J connectivity index is 1.55. The van der Waals surface area contributed by atoms with Crippen LogP contribution in [0.3, 0.4) is 0 Å². The summed E-state index contributed by atoms with van der Waals surface area (Å²) in [5, 5.41) is 14.4. The summed E-state index contributed by atoms with van der Waals surface area (Å²) in [6.45, 7) is 6.55. The van der Waals surface area contributed by atoms with E-state index in [1.165, 1.54) is 35.9 Å². The van der Waals surface area contributed by atoms with Crippen LogP contribution in [0.15, 0.2) is 23.2 Å². The minimum atomic E-state index is -0.328. The van der Waals surface area contributed by atoms with Crippen LogP contribution in [0.4, 0.5) is 5.13 Å². The predicted molar refractivity (Wildman–Crippen MR) is 113 cm³/mol. The van der Waals surface area contributed by atoms with Crippen molar-refractivity contribution in [3.8, 4) is 0 Å². The molecule has 1 aliphatic rings. The highest BCUT2D eigenvalue weighted by molar-refractivity contribution is 7.99. The van der Waals surface area contributed by atoms with Crippen molar-refractivity contribution in [2.45, 2.75) is 56.6 Å². The predicted octanol–water partition coefficient (Wildman–Crippen LogP) is 3.41. The average molecular weight is 436 g/mol. The summed E-state index contributed by atoms with van der Waals surface area (Å²) in [5.74, 6) is 1.13. The number of ether oxygens (including phenoxy) is 1. The second-order valence-electron chi connectivity index (χ2n) is 6.68. The molecule has 8 nitrogen and oxygen atoms in total. The molecule has 1 amide bonds. The molecule has 0 aromatic carbocycles. The van der Waals surface area contributed by atoms with Crippen molar-refractivity contribution in [1.29, 1.82) is 0 Å². The van der Waals surface area contributed by atoms with Crippen molar-refractivity contribution in [1.82, 2.24) is 19.7 Å². The molecule has 3 rings (SSSR count). The third-order valence-electron chi connectivity index (χ3n) is 4.54. The number of amides is 1. The number of carbonyl (C=O) groups is 2. The maximum absolute atomic E-state index is 12.3. The Bertz CT molecular complexity index is 858. The molecule has 1 N–H and O–H groups in total. The summed E-state index contributed by atoms with van der Waals surface area (Å²) >= 11 is 2.64. The van der Waals surface area contributed by atoms with E-state index in [4.69, 9.17) is 4.74 Å². The molecular formula is C19H25N5O3S2. The van der Waals surface area contributed by atoms with Crippen LogP contribution in [-0.2, 0) is 27.3 Å². The van der Waals surface area contributed by atoms with E-state index in [2.05, 4.69) is 31.6 Å². The molecule has 0 aliphatic heterocycles. The van der Waals surface area contributed by atoms with Gasteiger partial charge in [-0.25, -0.2) is 4.98 Å². The molecule has 0 bridgehead atoms. The average Bonchev–Trinajstić information content (AvgIpc) is 3.42. The Hall–Kier alpha value is -2.20. The maximum atomic E-state index is 12.3. The first-order valence-corrected chi connectivity index (χ1v) is 11.5. The SMILES string of the molecule is C=CCn1c(SCC(=O)Nc2nc(CC(=O)OCC)cs2)nnc1C1CCCC1. The fourth-order valence-electron chi connectivity index (χ4n) is 3.28. The highest BCUT2D eigenvalue weighted by Gasteiger charge is 2.24. The van der Waals surface area contributed by atoms with Crippen molar-refractivity contribution in [2.75, 3.05) is 17.7 Å². The standard InChI is InChI=1S/C19H25N5O3S2/c1-3-9-24-17(13-7-5-6-8-13)22-23-19(24)29-12-15(25)21-18-20-14(11-28-18)10-16(26)27-4-2/h3,11,13H,1,4-10,12H2,2H3,(H,20,21,25). The normalized spacial score (nSPS) is 14.1. The van der Waals surface area contributed by atoms with Crippen molar-refractivity contribution < 1.29 is 14.3 Å². The van der Waals surface area contributed by atoms with Crippen molar-refractivity contribution >= 4 is 40.1 Å². The number of thioether (sulfide) groups is 1. The van der Waals surface area contributed by atoms with Gasteiger partial charge in [0.25, 0.3) is 0 Å². The number of allylic oxidation sites excluding steroid dienone is 1. The third kappa shape index (κ3) is 5.89. The molecule has 2 aromatic rings. The smallest absolute Gasteiger partial charge is 0.311 e.